The first-order valence-corrected chi connectivity index (χ1v) is 6.03. The Morgan fingerprint density at radius 3 is 2.53 bits per heavy atom. The van der Waals surface area contributed by atoms with E-state index in [1.54, 1.807) is 0 Å². The number of hydrogen-bond acceptors (Lipinski definition) is 1. The summed E-state index contributed by atoms with van der Waals surface area (Å²) in [5.41, 5.74) is 2.27. The van der Waals surface area contributed by atoms with Gasteiger partial charge < -0.3 is 4.98 Å². The molecule has 0 spiro atoms. The van der Waals surface area contributed by atoms with Crippen LogP contribution in [0, 0.1) is 0 Å². The monoisotopic (exact) mass is 270 g/mol. The van der Waals surface area contributed by atoms with E-state index in [0.29, 0.717) is 11.8 Å². The topological polar surface area (TPSA) is 28.7 Å². The van der Waals surface area contributed by atoms with Crippen molar-refractivity contribution in [2.75, 3.05) is 0 Å². The standard InChI is InChI=1S/C13H15ClN2.ClH/c1-2-12(10-6-4-3-5-7-10)13-15-9-11(8-14)16-13;/h3-7,9,12H,2,8H2,1H3,(H,15,16);1H. The van der Waals surface area contributed by atoms with Gasteiger partial charge in [0, 0.05) is 17.8 Å². The summed E-state index contributed by atoms with van der Waals surface area (Å²) in [4.78, 5) is 7.66. The van der Waals surface area contributed by atoms with Gasteiger partial charge in [0.15, 0.2) is 0 Å². The van der Waals surface area contributed by atoms with Crippen molar-refractivity contribution < 1.29 is 0 Å². The number of aromatic amines is 1. The van der Waals surface area contributed by atoms with Crippen LogP contribution in [0.25, 0.3) is 0 Å². The van der Waals surface area contributed by atoms with E-state index in [-0.39, 0.29) is 12.4 Å². The maximum atomic E-state index is 5.76. The first-order chi connectivity index (χ1) is 7.85. The molecule has 1 aromatic carbocycles. The maximum absolute atomic E-state index is 5.76. The fraction of sp³-hybridized carbons (Fsp3) is 0.308. The Bertz CT molecular complexity index is 440. The quantitative estimate of drug-likeness (QED) is 0.833. The lowest BCUT2D eigenvalue weighted by Crippen LogP contribution is -2.01. The van der Waals surface area contributed by atoms with Crippen LogP contribution in [0.2, 0.25) is 0 Å². The number of nitrogens with one attached hydrogen (secondary N) is 1. The number of benzene rings is 1. The van der Waals surface area contributed by atoms with E-state index >= 15 is 0 Å². The van der Waals surface area contributed by atoms with E-state index in [1.807, 2.05) is 12.3 Å². The van der Waals surface area contributed by atoms with Crippen molar-refractivity contribution in [1.82, 2.24) is 9.97 Å². The van der Waals surface area contributed by atoms with E-state index in [2.05, 4.69) is 41.2 Å². The zero-order valence-electron chi connectivity index (χ0n) is 9.69. The molecule has 0 aliphatic rings. The van der Waals surface area contributed by atoms with E-state index in [4.69, 9.17) is 11.6 Å². The molecule has 2 aromatic rings. The van der Waals surface area contributed by atoms with Crippen molar-refractivity contribution in [1.29, 1.82) is 0 Å². The number of aromatic nitrogens is 2. The number of rotatable bonds is 4. The number of alkyl halides is 1. The molecule has 1 aromatic heterocycles. The number of hydrogen-bond donors (Lipinski definition) is 1. The van der Waals surface area contributed by atoms with E-state index in [1.165, 1.54) is 5.56 Å². The van der Waals surface area contributed by atoms with Crippen LogP contribution in [-0.2, 0) is 5.88 Å². The summed E-state index contributed by atoms with van der Waals surface area (Å²) >= 11 is 5.76. The van der Waals surface area contributed by atoms with Gasteiger partial charge in [-0.3, -0.25) is 0 Å². The third-order valence-corrected chi connectivity index (χ3v) is 3.02. The summed E-state index contributed by atoms with van der Waals surface area (Å²) in [5, 5.41) is 0. The van der Waals surface area contributed by atoms with Gasteiger partial charge in [-0.25, -0.2) is 4.98 Å². The van der Waals surface area contributed by atoms with Crippen LogP contribution in [0.1, 0.15) is 36.3 Å². The predicted octanol–water partition coefficient (Wildman–Crippen LogP) is 4.11. The average molecular weight is 271 g/mol. The Kier molecular flexibility index (Phi) is 5.52. The largest absolute Gasteiger partial charge is 0.344 e. The van der Waals surface area contributed by atoms with Gasteiger partial charge in [0.05, 0.1) is 5.88 Å². The number of halogens is 2. The minimum absolute atomic E-state index is 0. The third-order valence-electron chi connectivity index (χ3n) is 2.73. The van der Waals surface area contributed by atoms with Gasteiger partial charge in [0.2, 0.25) is 0 Å². The van der Waals surface area contributed by atoms with Crippen molar-refractivity contribution in [3.63, 3.8) is 0 Å². The summed E-state index contributed by atoms with van der Waals surface area (Å²) in [6.07, 6.45) is 2.84. The summed E-state index contributed by atoms with van der Waals surface area (Å²) < 4.78 is 0. The van der Waals surface area contributed by atoms with Gasteiger partial charge in [-0.2, -0.15) is 0 Å². The molecular formula is C13H16Cl2N2. The van der Waals surface area contributed by atoms with Crippen molar-refractivity contribution in [3.8, 4) is 0 Å². The highest BCUT2D eigenvalue weighted by molar-refractivity contribution is 6.16. The third kappa shape index (κ3) is 3.24. The average Bonchev–Trinajstić information content (AvgIpc) is 2.80. The molecule has 4 heteroatoms. The molecule has 1 atom stereocenters. The summed E-state index contributed by atoms with van der Waals surface area (Å²) in [6, 6.07) is 10.4. The van der Waals surface area contributed by atoms with E-state index in [9.17, 15) is 0 Å². The molecule has 0 amide bonds. The van der Waals surface area contributed by atoms with Gasteiger partial charge in [0.1, 0.15) is 5.82 Å². The molecule has 0 radical (unpaired) electrons. The van der Waals surface area contributed by atoms with E-state index in [0.717, 1.165) is 17.9 Å². The van der Waals surface area contributed by atoms with Crippen LogP contribution in [-0.4, -0.2) is 9.97 Å². The lowest BCUT2D eigenvalue weighted by atomic mass is 9.96. The van der Waals surface area contributed by atoms with Crippen molar-refractivity contribution in [3.05, 3.63) is 53.6 Å². The molecule has 2 nitrogen and oxygen atoms in total. The normalized spacial score (nSPS) is 11.9. The van der Waals surface area contributed by atoms with Crippen LogP contribution in [0.15, 0.2) is 36.5 Å². The molecule has 0 saturated heterocycles. The zero-order valence-corrected chi connectivity index (χ0v) is 11.3. The molecule has 0 bridgehead atoms. The second kappa shape index (κ2) is 6.67. The molecule has 2 rings (SSSR count). The first-order valence-electron chi connectivity index (χ1n) is 5.49. The minimum atomic E-state index is 0. The van der Waals surface area contributed by atoms with Crippen LogP contribution >= 0.6 is 24.0 Å². The van der Waals surface area contributed by atoms with Crippen molar-refractivity contribution in [2.45, 2.75) is 25.1 Å². The molecule has 1 unspecified atom stereocenters. The van der Waals surface area contributed by atoms with Crippen molar-refractivity contribution >= 4 is 24.0 Å². The summed E-state index contributed by atoms with van der Waals surface area (Å²) in [7, 11) is 0. The lowest BCUT2D eigenvalue weighted by Gasteiger charge is -2.12. The molecule has 1 N–H and O–H groups in total. The van der Waals surface area contributed by atoms with Crippen LogP contribution in [0.5, 0.6) is 0 Å². The minimum Gasteiger partial charge on any atom is -0.344 e. The van der Waals surface area contributed by atoms with Crippen molar-refractivity contribution in [2.24, 2.45) is 0 Å². The predicted molar refractivity (Wildman–Crippen MR) is 74.0 cm³/mol. The SMILES string of the molecule is CCC(c1ccccc1)c1ncc(CCl)[nH]1.Cl. The van der Waals surface area contributed by atoms with Gasteiger partial charge in [-0.05, 0) is 12.0 Å². The van der Waals surface area contributed by atoms with E-state index < -0.39 is 0 Å². The molecule has 0 aliphatic heterocycles. The highest BCUT2D eigenvalue weighted by Gasteiger charge is 2.14. The van der Waals surface area contributed by atoms with Gasteiger partial charge in [0.25, 0.3) is 0 Å². The summed E-state index contributed by atoms with van der Waals surface area (Å²) in [5.74, 6) is 1.82. The number of H-pyrrole nitrogens is 1. The number of nitrogens with zero attached hydrogens (tertiary/aromatic N) is 1. The Morgan fingerprint density at radius 2 is 2.00 bits per heavy atom. The maximum Gasteiger partial charge on any atom is 0.113 e. The Hall–Kier alpha value is -0.990. The molecule has 17 heavy (non-hydrogen) atoms. The number of imidazole rings is 1. The lowest BCUT2D eigenvalue weighted by molar-refractivity contribution is 0.727. The Balaban J connectivity index is 0.00000144. The second-order valence-corrected chi connectivity index (χ2v) is 4.07. The molecule has 1 heterocycles. The van der Waals surface area contributed by atoms with Gasteiger partial charge in [-0.1, -0.05) is 37.3 Å². The Morgan fingerprint density at radius 1 is 1.29 bits per heavy atom. The smallest absolute Gasteiger partial charge is 0.113 e. The van der Waals surface area contributed by atoms with Crippen LogP contribution in [0.4, 0.5) is 0 Å². The highest BCUT2D eigenvalue weighted by atomic mass is 35.5. The molecule has 0 aliphatic carbocycles. The molecule has 0 saturated carbocycles. The zero-order chi connectivity index (χ0) is 11.4. The fourth-order valence-electron chi connectivity index (χ4n) is 1.89. The van der Waals surface area contributed by atoms with Gasteiger partial charge in [-0.15, -0.1) is 24.0 Å². The fourth-order valence-corrected chi connectivity index (χ4v) is 2.03. The molecule has 0 fully saturated rings. The first kappa shape index (κ1) is 14.1. The Labute approximate surface area is 113 Å². The molecular weight excluding hydrogens is 255 g/mol. The van der Waals surface area contributed by atoms with Gasteiger partial charge >= 0.3 is 0 Å². The molecule has 92 valence electrons. The summed E-state index contributed by atoms with van der Waals surface area (Å²) in [6.45, 7) is 2.17. The van der Waals surface area contributed by atoms with Crippen LogP contribution in [0.3, 0.4) is 0 Å². The highest BCUT2D eigenvalue weighted by Crippen LogP contribution is 2.25. The van der Waals surface area contributed by atoms with Crippen LogP contribution < -0.4 is 0 Å². The second-order valence-electron chi connectivity index (χ2n) is 3.80.